The van der Waals surface area contributed by atoms with E-state index in [2.05, 4.69) is 47.3 Å². The second-order valence-corrected chi connectivity index (χ2v) is 7.30. The average molecular weight is 490 g/mol. The van der Waals surface area contributed by atoms with Crippen LogP contribution in [0.5, 0.6) is 0 Å². The van der Waals surface area contributed by atoms with Gasteiger partial charge in [-0.15, -0.1) is 0 Å². The van der Waals surface area contributed by atoms with Crippen LogP contribution in [0.15, 0.2) is 24.3 Å². The van der Waals surface area contributed by atoms with E-state index in [9.17, 15) is 19.2 Å². The smallest absolute Gasteiger partial charge is 0.320 e. The minimum Gasteiger partial charge on any atom is -0.458 e. The van der Waals surface area contributed by atoms with Crippen LogP contribution in [0.4, 0.5) is 15.3 Å². The highest BCUT2D eigenvalue weighted by molar-refractivity contribution is 7.78. The van der Waals surface area contributed by atoms with Crippen molar-refractivity contribution in [2.75, 3.05) is 18.4 Å². The Morgan fingerprint density at radius 2 is 1.81 bits per heavy atom. The Morgan fingerprint density at radius 1 is 1.22 bits per heavy atom. The van der Waals surface area contributed by atoms with E-state index in [4.69, 9.17) is 10.5 Å². The number of carbonyl (C=O) groups is 4. The van der Waals surface area contributed by atoms with E-state index in [1.54, 1.807) is 24.3 Å². The highest BCUT2D eigenvalue weighted by atomic mass is 32.1. The first kappa shape index (κ1) is 31.8. The van der Waals surface area contributed by atoms with Crippen molar-refractivity contribution < 1.29 is 23.9 Å². The van der Waals surface area contributed by atoms with E-state index in [0.717, 1.165) is 18.4 Å². The number of anilines is 1. The van der Waals surface area contributed by atoms with E-state index in [1.807, 2.05) is 16.2 Å². The summed E-state index contributed by atoms with van der Waals surface area (Å²) in [6.45, 7) is 7.11. The van der Waals surface area contributed by atoms with E-state index in [1.165, 1.54) is 6.42 Å². The molecular weight excluding hydrogens is 453 g/mol. The first-order chi connectivity index (χ1) is 15.2. The molecule has 0 fully saturated rings. The van der Waals surface area contributed by atoms with Crippen LogP contribution in [0.1, 0.15) is 45.6 Å². The summed E-state index contributed by atoms with van der Waals surface area (Å²) in [4.78, 5) is 42.0. The van der Waals surface area contributed by atoms with Gasteiger partial charge in [0.05, 0.1) is 6.54 Å². The summed E-state index contributed by atoms with van der Waals surface area (Å²) in [5, 5.41) is 7.76. The van der Waals surface area contributed by atoms with Crippen LogP contribution < -0.4 is 26.4 Å². The Labute approximate surface area is 197 Å². The number of hydrogen-bond donors (Lipinski definition) is 6. The molecule has 6 N–H and O–H groups in total. The van der Waals surface area contributed by atoms with Gasteiger partial charge in [-0.05, 0) is 46.7 Å². The fraction of sp³-hybridized carbons (Fsp3) is 0.500. The molecule has 0 aromatic heterocycles. The van der Waals surface area contributed by atoms with E-state index in [0.29, 0.717) is 18.6 Å². The van der Waals surface area contributed by atoms with Crippen molar-refractivity contribution in [1.29, 1.82) is 0 Å². The Kier molecular flexibility index (Phi) is 21.7. The van der Waals surface area contributed by atoms with Crippen LogP contribution in [0.3, 0.4) is 0 Å². The van der Waals surface area contributed by atoms with E-state index in [-0.39, 0.29) is 30.8 Å². The zero-order chi connectivity index (χ0) is 24.8. The highest BCUT2D eigenvalue weighted by Crippen LogP contribution is 2.10. The fourth-order valence-corrected chi connectivity index (χ4v) is 2.24. The van der Waals surface area contributed by atoms with Gasteiger partial charge in [-0.25, -0.2) is 9.59 Å². The van der Waals surface area contributed by atoms with Gasteiger partial charge in [-0.2, -0.15) is 0 Å². The number of rotatable bonds is 11. The maximum absolute atomic E-state index is 11.1. The number of thiol groups is 1. The lowest BCUT2D eigenvalue weighted by Crippen LogP contribution is -2.37. The van der Waals surface area contributed by atoms with Gasteiger partial charge in [0, 0.05) is 18.3 Å². The third-order valence-corrected chi connectivity index (χ3v) is 3.65. The number of ether oxygens (including phenoxy) is 1. The van der Waals surface area contributed by atoms with E-state index >= 15 is 0 Å². The van der Waals surface area contributed by atoms with Crippen molar-refractivity contribution in [3.05, 3.63) is 29.8 Å². The molecule has 1 aromatic rings. The summed E-state index contributed by atoms with van der Waals surface area (Å²) in [7, 11) is 1.94. The molecule has 0 aliphatic carbocycles. The molecule has 32 heavy (non-hydrogen) atoms. The van der Waals surface area contributed by atoms with Gasteiger partial charge in [0.2, 0.25) is 12.3 Å². The lowest BCUT2D eigenvalue weighted by atomic mass is 10.2. The van der Waals surface area contributed by atoms with Crippen LogP contribution in [-0.4, -0.2) is 43.2 Å². The molecule has 0 heterocycles. The number of amides is 4. The second kappa shape index (κ2) is 21.9. The molecule has 0 aliphatic rings. The summed E-state index contributed by atoms with van der Waals surface area (Å²) in [5.74, 6) is -0.0969. The zero-order valence-corrected chi connectivity index (χ0v) is 20.9. The van der Waals surface area contributed by atoms with Gasteiger partial charge >= 0.3 is 11.7 Å². The van der Waals surface area contributed by atoms with Crippen LogP contribution in [0.25, 0.3) is 0 Å². The van der Waals surface area contributed by atoms with Gasteiger partial charge in [-0.1, -0.05) is 45.2 Å². The Hall–Kier alpha value is -2.36. The van der Waals surface area contributed by atoms with Crippen molar-refractivity contribution in [3.63, 3.8) is 0 Å². The molecule has 4 amide bonds. The summed E-state index contributed by atoms with van der Waals surface area (Å²) in [6, 6.07) is 6.58. The summed E-state index contributed by atoms with van der Waals surface area (Å²) in [5.41, 5.74) is 6.09. The third-order valence-electron chi connectivity index (χ3n) is 3.32. The predicted molar refractivity (Wildman–Crippen MR) is 133 cm³/mol. The number of nitrogens with one attached hydrogen (secondary N) is 4. The molecule has 2 unspecified atom stereocenters. The maximum atomic E-state index is 11.1. The molecule has 0 radical (unpaired) electrons. The Balaban J connectivity index is 0. The third kappa shape index (κ3) is 22.3. The van der Waals surface area contributed by atoms with Crippen LogP contribution in [-0.2, 0) is 20.9 Å². The molecule has 2 atom stereocenters. The normalized spacial score (nSPS) is 10.2. The van der Waals surface area contributed by atoms with Crippen LogP contribution >= 0.6 is 22.1 Å². The summed E-state index contributed by atoms with van der Waals surface area (Å²) >= 11 is 3.72. The van der Waals surface area contributed by atoms with Crippen molar-refractivity contribution in [3.8, 4) is 0 Å². The molecule has 0 bridgehead atoms. The molecule has 0 saturated carbocycles. The lowest BCUT2D eigenvalue weighted by molar-refractivity contribution is -0.120. The molecule has 12 heteroatoms. The number of primary amides is 1. The molecular formula is C20H36N5O5PS. The standard InChI is InChI=1S/C9H10NO3P.C8H18N4O2S.C3H8/c11-6-10-8-3-1-7(2-4-8)5-13-9(12)14;1-6(12-7(13)5-11-15)3-2-4-10-8(9)14;1-3-2/h1-4,6H,5,14H2,(H,10,11);6,11,15H,2-5H2,1H3,(H,12,13)(H3,9,10,14);3H2,1-2H3. The zero-order valence-electron chi connectivity index (χ0n) is 18.8. The second-order valence-electron chi connectivity index (χ2n) is 6.51. The summed E-state index contributed by atoms with van der Waals surface area (Å²) < 4.78 is 7.23. The SMILES string of the molecule is CC(CCCNC(N)=O)NC(=O)CNS.CCC.O=CNc1ccc(COC(=O)P)cc1. The van der Waals surface area contributed by atoms with Gasteiger partial charge in [0.15, 0.2) is 0 Å². The monoisotopic (exact) mass is 489 g/mol. The Bertz CT molecular complexity index is 664. The van der Waals surface area contributed by atoms with Crippen LogP contribution in [0, 0.1) is 0 Å². The number of hydrogen-bond acceptors (Lipinski definition) is 7. The number of benzene rings is 1. The molecule has 1 aromatic carbocycles. The molecule has 0 aliphatic heterocycles. The molecule has 0 saturated heterocycles. The van der Waals surface area contributed by atoms with Crippen molar-refractivity contribution in [2.24, 2.45) is 5.73 Å². The minimum atomic E-state index is -0.522. The largest absolute Gasteiger partial charge is 0.458 e. The van der Waals surface area contributed by atoms with Gasteiger partial charge in [0.25, 0.3) is 0 Å². The number of urea groups is 1. The Morgan fingerprint density at radius 3 is 2.28 bits per heavy atom. The van der Waals surface area contributed by atoms with Gasteiger partial charge in [0.1, 0.15) is 6.61 Å². The van der Waals surface area contributed by atoms with Gasteiger partial charge in [-0.3, -0.25) is 14.3 Å². The minimum absolute atomic E-state index is 0.0776. The predicted octanol–water partition coefficient (Wildman–Crippen LogP) is 2.56. The lowest BCUT2D eigenvalue weighted by Gasteiger charge is -2.13. The van der Waals surface area contributed by atoms with Crippen molar-refractivity contribution in [1.82, 2.24) is 15.4 Å². The topological polar surface area (TPSA) is 152 Å². The van der Waals surface area contributed by atoms with E-state index < -0.39 is 6.03 Å². The molecule has 182 valence electrons. The fourth-order valence-electron chi connectivity index (χ4n) is 2.01. The molecule has 0 spiro atoms. The first-order valence-corrected chi connectivity index (χ1v) is 11.1. The van der Waals surface area contributed by atoms with Crippen LogP contribution in [0.2, 0.25) is 0 Å². The summed E-state index contributed by atoms with van der Waals surface area (Å²) in [6.07, 6.45) is 3.43. The maximum Gasteiger partial charge on any atom is 0.320 e. The molecule has 10 nitrogen and oxygen atoms in total. The number of nitrogens with two attached hydrogens (primary N) is 1. The van der Waals surface area contributed by atoms with Gasteiger partial charge < -0.3 is 26.4 Å². The van der Waals surface area contributed by atoms with Crippen molar-refractivity contribution >= 4 is 51.8 Å². The first-order valence-electron chi connectivity index (χ1n) is 10.1. The average Bonchev–Trinajstić information content (AvgIpc) is 2.72. The van der Waals surface area contributed by atoms with Crippen molar-refractivity contribution in [2.45, 2.75) is 52.7 Å². The quantitative estimate of drug-likeness (QED) is 0.122. The number of carbonyl (C=O) groups excluding carboxylic acids is 4. The molecule has 1 rings (SSSR count). The highest BCUT2D eigenvalue weighted by Gasteiger charge is 2.05.